The van der Waals surface area contributed by atoms with Crippen LogP contribution in [0, 0.1) is 0 Å². The van der Waals surface area contributed by atoms with Crippen LogP contribution in [0.2, 0.25) is 0 Å². The van der Waals surface area contributed by atoms with Crippen LogP contribution in [0.5, 0.6) is 11.5 Å². The number of methoxy groups -OCH3 is 2. The van der Waals surface area contributed by atoms with Crippen molar-refractivity contribution in [2.24, 2.45) is 5.73 Å². The summed E-state index contributed by atoms with van der Waals surface area (Å²) in [5.74, 6) is 1.34. The van der Waals surface area contributed by atoms with Gasteiger partial charge in [0.15, 0.2) is 0 Å². The number of rotatable bonds is 10. The molecule has 2 N–H and O–H groups in total. The van der Waals surface area contributed by atoms with Crippen LogP contribution in [0.25, 0.3) is 0 Å². The molecule has 0 atom stereocenters. The van der Waals surface area contributed by atoms with Crippen LogP contribution in [-0.2, 0) is 9.47 Å². The van der Waals surface area contributed by atoms with Gasteiger partial charge in [-0.25, -0.2) is 0 Å². The number of hydrogen-bond donors (Lipinski definition) is 1. The third kappa shape index (κ3) is 5.73. The highest BCUT2D eigenvalue weighted by Gasteiger charge is 2.08. The van der Waals surface area contributed by atoms with E-state index in [1.165, 1.54) is 0 Å². The molecule has 1 rings (SSSR count). The SMILES string of the molecule is COCCOCCCOc1cc(OC)ccc1C(N)=S. The Hall–Kier alpha value is -1.37. The second-order valence-electron chi connectivity index (χ2n) is 4.03. The average Bonchev–Trinajstić information content (AvgIpc) is 2.45. The van der Waals surface area contributed by atoms with E-state index in [2.05, 4.69) is 0 Å². The van der Waals surface area contributed by atoms with E-state index in [4.69, 9.17) is 36.9 Å². The molecule has 0 aliphatic heterocycles. The molecular formula is C14H21NO4S. The summed E-state index contributed by atoms with van der Waals surface area (Å²) in [6, 6.07) is 5.38. The second kappa shape index (κ2) is 9.52. The van der Waals surface area contributed by atoms with E-state index in [1.807, 2.05) is 0 Å². The minimum Gasteiger partial charge on any atom is -0.497 e. The van der Waals surface area contributed by atoms with Gasteiger partial charge in [-0.2, -0.15) is 0 Å². The highest BCUT2D eigenvalue weighted by atomic mass is 32.1. The monoisotopic (exact) mass is 299 g/mol. The first-order chi connectivity index (χ1) is 9.69. The highest BCUT2D eigenvalue weighted by Crippen LogP contribution is 2.24. The van der Waals surface area contributed by atoms with E-state index < -0.39 is 0 Å². The van der Waals surface area contributed by atoms with Gasteiger partial charge in [0.05, 0.1) is 32.5 Å². The molecule has 6 heteroatoms. The zero-order valence-corrected chi connectivity index (χ0v) is 12.7. The number of thiocarbonyl (C=S) groups is 1. The van der Waals surface area contributed by atoms with Crippen molar-refractivity contribution in [2.75, 3.05) is 40.6 Å². The molecule has 0 unspecified atom stereocenters. The fourth-order valence-corrected chi connectivity index (χ4v) is 1.71. The van der Waals surface area contributed by atoms with Crippen molar-refractivity contribution in [3.63, 3.8) is 0 Å². The zero-order valence-electron chi connectivity index (χ0n) is 11.9. The molecule has 1 aromatic carbocycles. The fourth-order valence-electron chi connectivity index (χ4n) is 1.54. The predicted molar refractivity (Wildman–Crippen MR) is 81.7 cm³/mol. The summed E-state index contributed by atoms with van der Waals surface area (Å²) in [6.45, 7) is 2.33. The average molecular weight is 299 g/mol. The lowest BCUT2D eigenvalue weighted by molar-refractivity contribution is 0.0644. The largest absolute Gasteiger partial charge is 0.497 e. The van der Waals surface area contributed by atoms with Crippen molar-refractivity contribution >= 4 is 17.2 Å². The molecule has 5 nitrogen and oxygen atoms in total. The molecule has 0 amide bonds. The van der Waals surface area contributed by atoms with Crippen LogP contribution in [-0.4, -0.2) is 45.6 Å². The van der Waals surface area contributed by atoms with Crippen LogP contribution in [0.3, 0.4) is 0 Å². The second-order valence-corrected chi connectivity index (χ2v) is 4.47. The molecule has 1 aromatic rings. The van der Waals surface area contributed by atoms with Crippen LogP contribution in [0.4, 0.5) is 0 Å². The normalized spacial score (nSPS) is 10.3. The topological polar surface area (TPSA) is 62.9 Å². The summed E-state index contributed by atoms with van der Waals surface area (Å²) in [5.41, 5.74) is 6.37. The molecule has 0 aliphatic carbocycles. The molecule has 0 bridgehead atoms. The third-order valence-electron chi connectivity index (χ3n) is 2.58. The standard InChI is InChI=1S/C14H21NO4S/c1-16-8-9-18-6-3-7-19-13-10-11(17-2)4-5-12(13)14(15)20/h4-5,10H,3,6-9H2,1-2H3,(H2,15,20). The molecule has 0 aliphatic rings. The Morgan fingerprint density at radius 1 is 1.15 bits per heavy atom. The van der Waals surface area contributed by atoms with Gasteiger partial charge in [0.2, 0.25) is 0 Å². The smallest absolute Gasteiger partial charge is 0.133 e. The molecule has 0 saturated heterocycles. The Morgan fingerprint density at radius 2 is 1.95 bits per heavy atom. The van der Waals surface area contributed by atoms with Crippen LogP contribution in [0.15, 0.2) is 18.2 Å². The first-order valence-corrected chi connectivity index (χ1v) is 6.77. The molecule has 20 heavy (non-hydrogen) atoms. The van der Waals surface area contributed by atoms with E-state index in [9.17, 15) is 0 Å². The Bertz CT molecular complexity index is 426. The van der Waals surface area contributed by atoms with Crippen LogP contribution < -0.4 is 15.2 Å². The first kappa shape index (κ1) is 16.7. The molecule has 0 spiro atoms. The predicted octanol–water partition coefficient (Wildman–Crippen LogP) is 1.76. The summed E-state index contributed by atoms with van der Waals surface area (Å²) in [7, 11) is 3.25. The molecule has 0 heterocycles. The van der Waals surface area contributed by atoms with Gasteiger partial charge >= 0.3 is 0 Å². The fraction of sp³-hybridized carbons (Fsp3) is 0.500. The maximum atomic E-state index is 5.69. The Kier molecular flexibility index (Phi) is 7.94. The van der Waals surface area contributed by atoms with E-state index in [0.29, 0.717) is 48.5 Å². The Labute approximate surface area is 125 Å². The van der Waals surface area contributed by atoms with Gasteiger partial charge < -0.3 is 24.7 Å². The van der Waals surface area contributed by atoms with Crippen molar-refractivity contribution in [2.45, 2.75) is 6.42 Å². The number of hydrogen-bond acceptors (Lipinski definition) is 5. The number of nitrogens with two attached hydrogens (primary N) is 1. The van der Waals surface area contributed by atoms with E-state index >= 15 is 0 Å². The summed E-state index contributed by atoms with van der Waals surface area (Å²) < 4.78 is 21.1. The van der Waals surface area contributed by atoms with Gasteiger partial charge in [0, 0.05) is 26.2 Å². The summed E-state index contributed by atoms with van der Waals surface area (Å²) in [6.07, 6.45) is 0.775. The maximum absolute atomic E-state index is 5.69. The number of benzene rings is 1. The summed E-state index contributed by atoms with van der Waals surface area (Å²) >= 11 is 5.00. The summed E-state index contributed by atoms with van der Waals surface area (Å²) in [4.78, 5) is 0.305. The van der Waals surface area contributed by atoms with Crippen molar-refractivity contribution in [1.29, 1.82) is 0 Å². The molecular weight excluding hydrogens is 278 g/mol. The van der Waals surface area contributed by atoms with Gasteiger partial charge in [0.1, 0.15) is 16.5 Å². The van der Waals surface area contributed by atoms with E-state index in [0.717, 1.165) is 6.42 Å². The van der Waals surface area contributed by atoms with Crippen molar-refractivity contribution in [1.82, 2.24) is 0 Å². The quantitative estimate of drug-likeness (QED) is 0.525. The van der Waals surface area contributed by atoms with Gasteiger partial charge in [-0.1, -0.05) is 12.2 Å². The van der Waals surface area contributed by atoms with Gasteiger partial charge in [-0.15, -0.1) is 0 Å². The van der Waals surface area contributed by atoms with E-state index in [-0.39, 0.29) is 0 Å². The van der Waals surface area contributed by atoms with Crippen LogP contribution >= 0.6 is 12.2 Å². The van der Waals surface area contributed by atoms with Crippen LogP contribution in [0.1, 0.15) is 12.0 Å². The lowest BCUT2D eigenvalue weighted by Crippen LogP contribution is -2.13. The van der Waals surface area contributed by atoms with Gasteiger partial charge in [0.25, 0.3) is 0 Å². The van der Waals surface area contributed by atoms with Gasteiger partial charge in [-0.3, -0.25) is 0 Å². The lowest BCUT2D eigenvalue weighted by atomic mass is 10.2. The molecule has 0 fully saturated rings. The molecule has 112 valence electrons. The minimum absolute atomic E-state index is 0.305. The molecule has 0 radical (unpaired) electrons. The van der Waals surface area contributed by atoms with Gasteiger partial charge in [-0.05, 0) is 12.1 Å². The van der Waals surface area contributed by atoms with E-state index in [1.54, 1.807) is 32.4 Å². The zero-order chi connectivity index (χ0) is 14.8. The Balaban J connectivity index is 2.43. The number of ether oxygens (including phenoxy) is 4. The lowest BCUT2D eigenvalue weighted by Gasteiger charge is -2.12. The first-order valence-electron chi connectivity index (χ1n) is 6.36. The maximum Gasteiger partial charge on any atom is 0.133 e. The highest BCUT2D eigenvalue weighted by molar-refractivity contribution is 7.80. The van der Waals surface area contributed by atoms with Crippen molar-refractivity contribution in [3.05, 3.63) is 23.8 Å². The third-order valence-corrected chi connectivity index (χ3v) is 2.80. The summed E-state index contributed by atoms with van der Waals surface area (Å²) in [5, 5.41) is 0. The van der Waals surface area contributed by atoms with Crippen molar-refractivity contribution < 1.29 is 18.9 Å². The Morgan fingerprint density at radius 3 is 2.60 bits per heavy atom. The molecule has 0 saturated carbocycles. The van der Waals surface area contributed by atoms with Crippen molar-refractivity contribution in [3.8, 4) is 11.5 Å². The minimum atomic E-state index is 0.305. The molecule has 0 aromatic heterocycles.